The normalized spacial score (nSPS) is 18.4. The van der Waals surface area contributed by atoms with Gasteiger partial charge in [0.1, 0.15) is 0 Å². The van der Waals surface area contributed by atoms with Gasteiger partial charge in [0.2, 0.25) is 5.91 Å². The minimum atomic E-state index is -0.146. The number of aromatic nitrogens is 1. The Balaban J connectivity index is 1.98. The Morgan fingerprint density at radius 2 is 2.29 bits per heavy atom. The molecule has 21 heavy (non-hydrogen) atoms. The molecule has 1 aromatic heterocycles. The number of hydrogen-bond acceptors (Lipinski definition) is 4. The number of piperidine rings is 1. The van der Waals surface area contributed by atoms with Gasteiger partial charge in [-0.25, -0.2) is 0 Å². The van der Waals surface area contributed by atoms with Crippen LogP contribution in [0.4, 0.5) is 0 Å². The Hall–Kier alpha value is -1.95. The highest BCUT2D eigenvalue weighted by molar-refractivity contribution is 5.94. The first kappa shape index (κ1) is 15.4. The standard InChI is InChI=1S/C15H22N4O2/c1-11-4-5-12(9-18-11)15(21)19-8-2-3-13(10-19)14(20)17-7-6-16/h4-5,9,13H,2-3,6-8,10,16H2,1H3,(H,17,20). The van der Waals surface area contributed by atoms with E-state index in [-0.39, 0.29) is 17.7 Å². The van der Waals surface area contributed by atoms with E-state index in [0.29, 0.717) is 31.7 Å². The van der Waals surface area contributed by atoms with E-state index in [1.807, 2.05) is 13.0 Å². The van der Waals surface area contributed by atoms with Crippen LogP contribution in [0.15, 0.2) is 18.3 Å². The van der Waals surface area contributed by atoms with E-state index in [2.05, 4.69) is 10.3 Å². The summed E-state index contributed by atoms with van der Waals surface area (Å²) in [6.45, 7) is 3.94. The van der Waals surface area contributed by atoms with Crippen LogP contribution in [0.5, 0.6) is 0 Å². The molecule has 6 nitrogen and oxygen atoms in total. The molecule has 1 aromatic rings. The lowest BCUT2D eigenvalue weighted by atomic mass is 9.96. The molecule has 0 saturated carbocycles. The average molecular weight is 290 g/mol. The van der Waals surface area contributed by atoms with E-state index in [4.69, 9.17) is 5.73 Å². The Morgan fingerprint density at radius 3 is 2.95 bits per heavy atom. The first-order chi connectivity index (χ1) is 10.1. The van der Waals surface area contributed by atoms with Crippen molar-refractivity contribution in [1.29, 1.82) is 0 Å². The second-order valence-corrected chi connectivity index (χ2v) is 5.36. The van der Waals surface area contributed by atoms with Gasteiger partial charge in [0.25, 0.3) is 5.91 Å². The summed E-state index contributed by atoms with van der Waals surface area (Å²) in [5.41, 5.74) is 6.84. The summed E-state index contributed by atoms with van der Waals surface area (Å²) in [6.07, 6.45) is 3.24. The number of hydrogen-bond donors (Lipinski definition) is 2. The monoisotopic (exact) mass is 290 g/mol. The lowest BCUT2D eigenvalue weighted by Gasteiger charge is -2.32. The third-order valence-corrected chi connectivity index (χ3v) is 3.68. The second kappa shape index (κ2) is 7.17. The second-order valence-electron chi connectivity index (χ2n) is 5.36. The highest BCUT2D eigenvalue weighted by atomic mass is 16.2. The van der Waals surface area contributed by atoms with E-state index in [1.54, 1.807) is 17.2 Å². The van der Waals surface area contributed by atoms with E-state index >= 15 is 0 Å². The predicted octanol–water partition coefficient (Wildman–Crippen LogP) is 0.317. The summed E-state index contributed by atoms with van der Waals surface area (Å²) in [4.78, 5) is 30.3. The SMILES string of the molecule is Cc1ccc(C(=O)N2CCCC(C(=O)NCCN)C2)cn1. The topological polar surface area (TPSA) is 88.3 Å². The molecule has 0 aliphatic carbocycles. The number of nitrogens with zero attached hydrogens (tertiary/aromatic N) is 2. The van der Waals surface area contributed by atoms with Crippen LogP contribution in [0.3, 0.4) is 0 Å². The molecular weight excluding hydrogens is 268 g/mol. The van der Waals surface area contributed by atoms with E-state index in [0.717, 1.165) is 18.5 Å². The van der Waals surface area contributed by atoms with Gasteiger partial charge in [-0.05, 0) is 31.9 Å². The van der Waals surface area contributed by atoms with Crippen molar-refractivity contribution in [3.05, 3.63) is 29.6 Å². The van der Waals surface area contributed by atoms with Crippen molar-refractivity contribution in [2.45, 2.75) is 19.8 Å². The third-order valence-electron chi connectivity index (χ3n) is 3.68. The minimum Gasteiger partial charge on any atom is -0.355 e. The molecule has 0 radical (unpaired) electrons. The number of nitrogens with two attached hydrogens (primary N) is 1. The predicted molar refractivity (Wildman–Crippen MR) is 79.7 cm³/mol. The van der Waals surface area contributed by atoms with E-state index in [1.165, 1.54) is 0 Å². The fraction of sp³-hybridized carbons (Fsp3) is 0.533. The molecule has 1 unspecified atom stereocenters. The van der Waals surface area contributed by atoms with Crippen LogP contribution in [0, 0.1) is 12.8 Å². The molecule has 114 valence electrons. The highest BCUT2D eigenvalue weighted by Gasteiger charge is 2.28. The van der Waals surface area contributed by atoms with Crippen LogP contribution >= 0.6 is 0 Å². The number of rotatable bonds is 4. The van der Waals surface area contributed by atoms with Crippen LogP contribution in [0.1, 0.15) is 28.9 Å². The maximum absolute atomic E-state index is 12.4. The van der Waals surface area contributed by atoms with Crippen molar-refractivity contribution in [2.24, 2.45) is 11.7 Å². The summed E-state index contributed by atoms with van der Waals surface area (Å²) in [6, 6.07) is 3.60. The van der Waals surface area contributed by atoms with Gasteiger partial charge in [-0.1, -0.05) is 0 Å². The van der Waals surface area contributed by atoms with Gasteiger partial charge in [-0.3, -0.25) is 14.6 Å². The molecule has 1 aliphatic heterocycles. The van der Waals surface area contributed by atoms with Crippen molar-refractivity contribution in [1.82, 2.24) is 15.2 Å². The Labute approximate surface area is 124 Å². The first-order valence-electron chi connectivity index (χ1n) is 7.31. The van der Waals surface area contributed by atoms with Crippen LogP contribution < -0.4 is 11.1 Å². The van der Waals surface area contributed by atoms with Gasteiger partial charge in [0.05, 0.1) is 11.5 Å². The highest BCUT2D eigenvalue weighted by Crippen LogP contribution is 2.18. The largest absolute Gasteiger partial charge is 0.355 e. The molecule has 0 bridgehead atoms. The Morgan fingerprint density at radius 1 is 1.48 bits per heavy atom. The number of likely N-dealkylation sites (tertiary alicyclic amines) is 1. The number of pyridine rings is 1. The van der Waals surface area contributed by atoms with Gasteiger partial charge in [0.15, 0.2) is 0 Å². The fourth-order valence-corrected chi connectivity index (χ4v) is 2.49. The van der Waals surface area contributed by atoms with Gasteiger partial charge in [-0.15, -0.1) is 0 Å². The summed E-state index contributed by atoms with van der Waals surface area (Å²) in [5, 5.41) is 2.79. The average Bonchev–Trinajstić information content (AvgIpc) is 2.52. The molecule has 0 aromatic carbocycles. The fourth-order valence-electron chi connectivity index (χ4n) is 2.49. The summed E-state index contributed by atoms with van der Waals surface area (Å²) in [5.74, 6) is -0.216. The van der Waals surface area contributed by atoms with Gasteiger partial charge in [0, 0.05) is 38.1 Å². The molecule has 1 aliphatic rings. The molecule has 3 N–H and O–H groups in total. The van der Waals surface area contributed by atoms with Crippen molar-refractivity contribution < 1.29 is 9.59 Å². The van der Waals surface area contributed by atoms with Crippen LogP contribution in [-0.2, 0) is 4.79 Å². The molecule has 2 heterocycles. The quantitative estimate of drug-likeness (QED) is 0.835. The van der Waals surface area contributed by atoms with Crippen molar-refractivity contribution >= 4 is 11.8 Å². The molecular formula is C15H22N4O2. The Kier molecular flexibility index (Phi) is 5.27. The van der Waals surface area contributed by atoms with Gasteiger partial charge < -0.3 is 16.0 Å². The minimum absolute atomic E-state index is 0.0139. The van der Waals surface area contributed by atoms with Crippen molar-refractivity contribution in [3.8, 4) is 0 Å². The molecule has 0 spiro atoms. The van der Waals surface area contributed by atoms with Crippen LogP contribution in [0.25, 0.3) is 0 Å². The first-order valence-corrected chi connectivity index (χ1v) is 7.31. The molecule has 6 heteroatoms. The van der Waals surface area contributed by atoms with E-state index in [9.17, 15) is 9.59 Å². The number of carbonyl (C=O) groups excluding carboxylic acids is 2. The van der Waals surface area contributed by atoms with Crippen LogP contribution in [0.2, 0.25) is 0 Å². The molecule has 2 amide bonds. The number of carbonyl (C=O) groups is 2. The summed E-state index contributed by atoms with van der Waals surface area (Å²) < 4.78 is 0. The number of amides is 2. The molecule has 1 atom stereocenters. The zero-order valence-electron chi connectivity index (χ0n) is 12.3. The maximum atomic E-state index is 12.4. The zero-order valence-corrected chi connectivity index (χ0v) is 12.3. The summed E-state index contributed by atoms with van der Waals surface area (Å²) in [7, 11) is 0. The lowest BCUT2D eigenvalue weighted by Crippen LogP contribution is -2.46. The van der Waals surface area contributed by atoms with Crippen LogP contribution in [-0.4, -0.2) is 47.9 Å². The Bertz CT molecular complexity index is 501. The number of aryl methyl sites for hydroxylation is 1. The molecule has 1 saturated heterocycles. The third kappa shape index (κ3) is 4.01. The number of nitrogens with one attached hydrogen (secondary N) is 1. The smallest absolute Gasteiger partial charge is 0.255 e. The van der Waals surface area contributed by atoms with Crippen molar-refractivity contribution in [3.63, 3.8) is 0 Å². The molecule has 2 rings (SSSR count). The zero-order chi connectivity index (χ0) is 15.2. The van der Waals surface area contributed by atoms with Gasteiger partial charge >= 0.3 is 0 Å². The van der Waals surface area contributed by atoms with Gasteiger partial charge in [-0.2, -0.15) is 0 Å². The van der Waals surface area contributed by atoms with Crippen molar-refractivity contribution in [2.75, 3.05) is 26.2 Å². The summed E-state index contributed by atoms with van der Waals surface area (Å²) >= 11 is 0. The lowest BCUT2D eigenvalue weighted by molar-refractivity contribution is -0.126. The maximum Gasteiger partial charge on any atom is 0.255 e. The molecule has 1 fully saturated rings. The van der Waals surface area contributed by atoms with E-state index < -0.39 is 0 Å².